The van der Waals surface area contributed by atoms with Crippen LogP contribution in [0.15, 0.2) is 18.2 Å². The topological polar surface area (TPSA) is 64.3 Å². The molecule has 1 rings (SSSR count). The number of nitrogens with two attached hydrogens (primary N) is 1. The van der Waals surface area contributed by atoms with Gasteiger partial charge in [-0.05, 0) is 19.1 Å². The lowest BCUT2D eigenvalue weighted by Gasteiger charge is -2.13. The first-order chi connectivity index (χ1) is 7.04. The molecule has 0 aliphatic heterocycles. The third kappa shape index (κ3) is 2.83. The number of amides is 1. The first-order valence-corrected chi connectivity index (χ1v) is 4.48. The third-order valence-electron chi connectivity index (χ3n) is 1.90. The number of likely N-dealkylation sites (N-methyl/N-ethyl adjacent to an activating group) is 1. The van der Waals surface area contributed by atoms with Gasteiger partial charge in [0.05, 0.1) is 5.69 Å². The summed E-state index contributed by atoms with van der Waals surface area (Å²) in [4.78, 5) is 11.1. The van der Waals surface area contributed by atoms with Gasteiger partial charge in [-0.1, -0.05) is 0 Å². The Hall–Kier alpha value is -1.78. The molecule has 0 spiro atoms. The van der Waals surface area contributed by atoms with Crippen molar-refractivity contribution in [2.45, 2.75) is 13.0 Å². The molecule has 1 aromatic carbocycles. The van der Waals surface area contributed by atoms with E-state index in [1.54, 1.807) is 6.92 Å². The van der Waals surface area contributed by atoms with Crippen molar-refractivity contribution in [3.63, 3.8) is 0 Å². The van der Waals surface area contributed by atoms with E-state index in [9.17, 15) is 9.18 Å². The van der Waals surface area contributed by atoms with Gasteiger partial charge in [0.2, 0.25) is 0 Å². The Morgan fingerprint density at radius 2 is 2.27 bits per heavy atom. The maximum atomic E-state index is 13.0. The molecule has 1 amide bonds. The molecule has 0 saturated carbocycles. The number of halogens is 1. The number of hydrogen-bond acceptors (Lipinski definition) is 3. The number of nitrogens with one attached hydrogen (secondary N) is 1. The molecule has 0 aliphatic rings. The second-order valence-electron chi connectivity index (χ2n) is 3.06. The molecule has 1 atom stereocenters. The zero-order valence-electron chi connectivity index (χ0n) is 8.58. The molecule has 0 aromatic heterocycles. The molecule has 3 N–H and O–H groups in total. The molecule has 5 heteroatoms. The smallest absolute Gasteiger partial charge is 0.260 e. The lowest BCUT2D eigenvalue weighted by Crippen LogP contribution is -2.33. The van der Waals surface area contributed by atoms with Gasteiger partial charge in [0.1, 0.15) is 11.6 Å². The quantitative estimate of drug-likeness (QED) is 0.732. The number of rotatable bonds is 3. The predicted octanol–water partition coefficient (Wildman–Crippen LogP) is 0.921. The Morgan fingerprint density at radius 3 is 2.80 bits per heavy atom. The SMILES string of the molecule is CNC(=O)C(C)Oc1ccc(N)c(F)c1. The number of ether oxygens (including phenoxy) is 1. The van der Waals surface area contributed by atoms with Crippen LogP contribution >= 0.6 is 0 Å². The number of hydrogen-bond donors (Lipinski definition) is 2. The van der Waals surface area contributed by atoms with Crippen LogP contribution in [0.25, 0.3) is 0 Å². The van der Waals surface area contributed by atoms with E-state index >= 15 is 0 Å². The summed E-state index contributed by atoms with van der Waals surface area (Å²) in [5.74, 6) is -0.554. The fourth-order valence-corrected chi connectivity index (χ4v) is 1.04. The van der Waals surface area contributed by atoms with Gasteiger partial charge in [-0.15, -0.1) is 0 Å². The molecule has 0 fully saturated rings. The van der Waals surface area contributed by atoms with E-state index in [4.69, 9.17) is 10.5 Å². The molecule has 1 unspecified atom stereocenters. The van der Waals surface area contributed by atoms with Crippen molar-refractivity contribution >= 4 is 11.6 Å². The van der Waals surface area contributed by atoms with Crippen LogP contribution in [-0.4, -0.2) is 19.1 Å². The zero-order valence-corrected chi connectivity index (χ0v) is 8.58. The Morgan fingerprint density at radius 1 is 1.60 bits per heavy atom. The normalized spacial score (nSPS) is 11.9. The van der Waals surface area contributed by atoms with Crippen LogP contribution in [0.2, 0.25) is 0 Å². The highest BCUT2D eigenvalue weighted by Crippen LogP contribution is 2.18. The van der Waals surface area contributed by atoms with Crippen molar-refractivity contribution in [3.05, 3.63) is 24.0 Å². The van der Waals surface area contributed by atoms with Crippen LogP contribution in [0, 0.1) is 5.82 Å². The highest BCUT2D eigenvalue weighted by atomic mass is 19.1. The van der Waals surface area contributed by atoms with Crippen molar-refractivity contribution < 1.29 is 13.9 Å². The molecule has 4 nitrogen and oxygen atoms in total. The molecule has 0 heterocycles. The van der Waals surface area contributed by atoms with Gasteiger partial charge >= 0.3 is 0 Å². The first kappa shape index (κ1) is 11.3. The second kappa shape index (κ2) is 4.63. The minimum atomic E-state index is -0.668. The summed E-state index contributed by atoms with van der Waals surface area (Å²) in [6.45, 7) is 1.58. The van der Waals surface area contributed by atoms with Crippen LogP contribution in [0.1, 0.15) is 6.92 Å². The van der Waals surface area contributed by atoms with Crippen LogP contribution in [0.3, 0.4) is 0 Å². The van der Waals surface area contributed by atoms with Crippen molar-refractivity contribution in [2.75, 3.05) is 12.8 Å². The van der Waals surface area contributed by atoms with E-state index in [1.165, 1.54) is 19.2 Å². The molecule has 0 bridgehead atoms. The number of carbonyl (C=O) groups excluding carboxylic acids is 1. The standard InChI is InChI=1S/C10H13FN2O2/c1-6(10(14)13-2)15-7-3-4-9(12)8(11)5-7/h3-6H,12H2,1-2H3,(H,13,14). The molecule has 82 valence electrons. The van der Waals surface area contributed by atoms with Gasteiger partial charge in [-0.2, -0.15) is 0 Å². The Balaban J connectivity index is 2.73. The summed E-state index contributed by atoms with van der Waals surface area (Å²) < 4.78 is 18.2. The lowest BCUT2D eigenvalue weighted by atomic mass is 10.3. The minimum absolute atomic E-state index is 0.0509. The fraction of sp³-hybridized carbons (Fsp3) is 0.300. The van der Waals surface area contributed by atoms with Gasteiger partial charge < -0.3 is 15.8 Å². The van der Waals surface area contributed by atoms with Gasteiger partial charge in [0, 0.05) is 13.1 Å². The van der Waals surface area contributed by atoms with E-state index in [2.05, 4.69) is 5.32 Å². The van der Waals surface area contributed by atoms with E-state index in [0.717, 1.165) is 6.07 Å². The van der Waals surface area contributed by atoms with Crippen LogP contribution in [0.4, 0.5) is 10.1 Å². The van der Waals surface area contributed by atoms with E-state index in [-0.39, 0.29) is 17.3 Å². The number of anilines is 1. The van der Waals surface area contributed by atoms with Gasteiger partial charge in [-0.25, -0.2) is 4.39 Å². The van der Waals surface area contributed by atoms with E-state index in [0.29, 0.717) is 0 Å². The highest BCUT2D eigenvalue weighted by Gasteiger charge is 2.12. The number of carbonyl (C=O) groups is 1. The van der Waals surface area contributed by atoms with Crippen molar-refractivity contribution in [1.29, 1.82) is 0 Å². The van der Waals surface area contributed by atoms with E-state index in [1.807, 2.05) is 0 Å². The van der Waals surface area contributed by atoms with Crippen molar-refractivity contribution in [1.82, 2.24) is 5.32 Å². The third-order valence-corrected chi connectivity index (χ3v) is 1.90. The van der Waals surface area contributed by atoms with Gasteiger partial charge in [0.25, 0.3) is 5.91 Å². The molecular formula is C10H13FN2O2. The molecule has 0 saturated heterocycles. The van der Waals surface area contributed by atoms with Gasteiger partial charge in [-0.3, -0.25) is 4.79 Å². The van der Waals surface area contributed by atoms with Crippen LogP contribution in [0.5, 0.6) is 5.75 Å². The summed E-state index contributed by atoms with van der Waals surface area (Å²) in [6.07, 6.45) is -0.668. The van der Waals surface area contributed by atoms with Crippen LogP contribution in [-0.2, 0) is 4.79 Å². The number of benzene rings is 1. The van der Waals surface area contributed by atoms with E-state index < -0.39 is 11.9 Å². The average molecular weight is 212 g/mol. The minimum Gasteiger partial charge on any atom is -0.481 e. The average Bonchev–Trinajstić information content (AvgIpc) is 2.22. The summed E-state index contributed by atoms with van der Waals surface area (Å²) in [5.41, 5.74) is 5.35. The molecule has 1 aromatic rings. The summed E-state index contributed by atoms with van der Waals surface area (Å²) in [5, 5.41) is 2.43. The zero-order chi connectivity index (χ0) is 11.4. The highest BCUT2D eigenvalue weighted by molar-refractivity contribution is 5.80. The van der Waals surface area contributed by atoms with Gasteiger partial charge in [0.15, 0.2) is 6.10 Å². The van der Waals surface area contributed by atoms with Crippen molar-refractivity contribution in [2.24, 2.45) is 0 Å². The van der Waals surface area contributed by atoms with Crippen molar-refractivity contribution in [3.8, 4) is 5.75 Å². The maximum Gasteiger partial charge on any atom is 0.260 e. The summed E-state index contributed by atoms with van der Waals surface area (Å²) >= 11 is 0. The summed E-state index contributed by atoms with van der Waals surface area (Å²) in [7, 11) is 1.51. The lowest BCUT2D eigenvalue weighted by molar-refractivity contribution is -0.126. The molecule has 15 heavy (non-hydrogen) atoms. The van der Waals surface area contributed by atoms with Crippen LogP contribution < -0.4 is 15.8 Å². The first-order valence-electron chi connectivity index (χ1n) is 4.48. The maximum absolute atomic E-state index is 13.0. The summed E-state index contributed by atoms with van der Waals surface area (Å²) in [6, 6.07) is 4.05. The molecule has 0 radical (unpaired) electrons. The fourth-order valence-electron chi connectivity index (χ4n) is 1.04. The second-order valence-corrected chi connectivity index (χ2v) is 3.06. The number of nitrogen functional groups attached to an aromatic ring is 1. The molecule has 0 aliphatic carbocycles. The largest absolute Gasteiger partial charge is 0.481 e. The predicted molar refractivity (Wildman–Crippen MR) is 55.0 cm³/mol. The Labute approximate surface area is 87.2 Å². The Bertz CT molecular complexity index is 368. The Kier molecular flexibility index (Phi) is 3.49. The monoisotopic (exact) mass is 212 g/mol. The molecular weight excluding hydrogens is 199 g/mol.